The number of thiocarbonyl (C=S) groups is 1. The molecule has 0 aliphatic carbocycles. The van der Waals surface area contributed by atoms with Gasteiger partial charge < -0.3 is 5.73 Å². The summed E-state index contributed by atoms with van der Waals surface area (Å²) in [5, 5.41) is 0. The van der Waals surface area contributed by atoms with Crippen molar-refractivity contribution in [3.63, 3.8) is 0 Å². The molecule has 0 bridgehead atoms. The Kier molecular flexibility index (Phi) is 5.31. The van der Waals surface area contributed by atoms with Gasteiger partial charge in [-0.1, -0.05) is 36.5 Å². The van der Waals surface area contributed by atoms with E-state index < -0.39 is 12.7 Å². The molecule has 0 aromatic heterocycles. The first-order valence-corrected chi connectivity index (χ1v) is 6.30. The van der Waals surface area contributed by atoms with Crippen LogP contribution >= 0.6 is 12.2 Å². The number of nitrogens with two attached hydrogens (primary N) is 1. The van der Waals surface area contributed by atoms with Crippen molar-refractivity contribution in [2.24, 2.45) is 5.73 Å². The molecule has 0 saturated heterocycles. The second-order valence-electron chi connectivity index (χ2n) is 4.64. The molecular formula is C13H17F3N2S. The van der Waals surface area contributed by atoms with Crippen LogP contribution in [0.1, 0.15) is 25.0 Å². The predicted molar refractivity (Wildman–Crippen MR) is 73.9 cm³/mol. The van der Waals surface area contributed by atoms with Crippen LogP contribution in [0.25, 0.3) is 0 Å². The fourth-order valence-corrected chi connectivity index (χ4v) is 1.97. The number of rotatable bonds is 5. The van der Waals surface area contributed by atoms with Crippen LogP contribution in [0.5, 0.6) is 0 Å². The first-order valence-electron chi connectivity index (χ1n) is 5.89. The van der Waals surface area contributed by atoms with Crippen molar-refractivity contribution in [1.82, 2.24) is 4.90 Å². The van der Waals surface area contributed by atoms with Crippen LogP contribution in [0.3, 0.4) is 0 Å². The third kappa shape index (κ3) is 5.16. The summed E-state index contributed by atoms with van der Waals surface area (Å²) < 4.78 is 37.6. The molecule has 1 aromatic carbocycles. The van der Waals surface area contributed by atoms with E-state index in [0.717, 1.165) is 0 Å². The highest BCUT2D eigenvalue weighted by molar-refractivity contribution is 7.80. The van der Waals surface area contributed by atoms with Gasteiger partial charge in [-0.3, -0.25) is 4.90 Å². The van der Waals surface area contributed by atoms with E-state index in [0.29, 0.717) is 11.1 Å². The molecule has 1 rings (SSSR count). The minimum Gasteiger partial charge on any atom is -0.389 e. The summed E-state index contributed by atoms with van der Waals surface area (Å²) in [6, 6.07) is 6.79. The minimum absolute atomic E-state index is 0.171. The smallest absolute Gasteiger partial charge is 0.389 e. The van der Waals surface area contributed by atoms with Crippen LogP contribution in [0, 0.1) is 0 Å². The highest BCUT2D eigenvalue weighted by atomic mass is 32.1. The topological polar surface area (TPSA) is 29.3 Å². The van der Waals surface area contributed by atoms with E-state index in [4.69, 9.17) is 18.0 Å². The average Bonchev–Trinajstić information content (AvgIpc) is 2.26. The Morgan fingerprint density at radius 3 is 2.37 bits per heavy atom. The molecule has 106 valence electrons. The van der Waals surface area contributed by atoms with Crippen LogP contribution < -0.4 is 5.73 Å². The van der Waals surface area contributed by atoms with Gasteiger partial charge in [-0.2, -0.15) is 13.2 Å². The maximum Gasteiger partial charge on any atom is 0.401 e. The lowest BCUT2D eigenvalue weighted by Crippen LogP contribution is -2.38. The summed E-state index contributed by atoms with van der Waals surface area (Å²) in [6.45, 7) is 2.69. The Hall–Kier alpha value is -1.14. The molecule has 2 N–H and O–H groups in total. The second-order valence-corrected chi connectivity index (χ2v) is 5.08. The fraction of sp³-hybridized carbons (Fsp3) is 0.462. The summed E-state index contributed by atoms with van der Waals surface area (Å²) in [5.41, 5.74) is 6.93. The molecule has 0 atom stereocenters. The van der Waals surface area contributed by atoms with Crippen LogP contribution in [0.2, 0.25) is 0 Å². The van der Waals surface area contributed by atoms with Crippen LogP contribution in [0.15, 0.2) is 24.3 Å². The molecule has 0 aliphatic rings. The third-order valence-electron chi connectivity index (χ3n) is 2.77. The molecule has 0 aliphatic heterocycles. The van der Waals surface area contributed by atoms with Crippen molar-refractivity contribution in [3.8, 4) is 0 Å². The van der Waals surface area contributed by atoms with Crippen LogP contribution in [-0.4, -0.2) is 28.7 Å². The number of alkyl halides is 3. The average molecular weight is 290 g/mol. The Bertz CT molecular complexity index is 444. The molecule has 2 nitrogen and oxygen atoms in total. The maximum atomic E-state index is 12.5. The molecule has 0 amide bonds. The van der Waals surface area contributed by atoms with Crippen molar-refractivity contribution < 1.29 is 13.2 Å². The molecule has 6 heteroatoms. The van der Waals surface area contributed by atoms with Gasteiger partial charge in [-0.15, -0.1) is 0 Å². The van der Waals surface area contributed by atoms with E-state index in [1.54, 1.807) is 38.1 Å². The molecule has 0 fully saturated rings. The number of hydrogen-bond acceptors (Lipinski definition) is 2. The summed E-state index contributed by atoms with van der Waals surface area (Å²) >= 11 is 4.91. The SMILES string of the molecule is CC(C)N(Cc1ccccc1C(N)=S)CC(F)(F)F. The van der Waals surface area contributed by atoms with Crippen molar-refractivity contribution in [3.05, 3.63) is 35.4 Å². The largest absolute Gasteiger partial charge is 0.401 e. The van der Waals surface area contributed by atoms with Crippen LogP contribution in [0.4, 0.5) is 13.2 Å². The van der Waals surface area contributed by atoms with E-state index in [1.165, 1.54) is 4.90 Å². The molecule has 0 unspecified atom stereocenters. The number of nitrogens with zero attached hydrogens (tertiary/aromatic N) is 1. The van der Waals surface area contributed by atoms with E-state index in [9.17, 15) is 13.2 Å². The van der Waals surface area contributed by atoms with Gasteiger partial charge in [0.15, 0.2) is 0 Å². The fourth-order valence-electron chi connectivity index (χ4n) is 1.77. The van der Waals surface area contributed by atoms with Gasteiger partial charge in [0.25, 0.3) is 0 Å². The molecular weight excluding hydrogens is 273 g/mol. The zero-order chi connectivity index (χ0) is 14.6. The first-order chi connectivity index (χ1) is 8.70. The summed E-state index contributed by atoms with van der Waals surface area (Å²) in [7, 11) is 0. The van der Waals surface area contributed by atoms with E-state index in [1.807, 2.05) is 0 Å². The normalized spacial score (nSPS) is 12.2. The summed E-state index contributed by atoms with van der Waals surface area (Å²) in [6.07, 6.45) is -4.22. The molecule has 0 spiro atoms. The number of benzene rings is 1. The van der Waals surface area contributed by atoms with Crippen molar-refractivity contribution in [2.45, 2.75) is 32.6 Å². The Labute approximate surface area is 116 Å². The van der Waals surface area contributed by atoms with Crippen molar-refractivity contribution in [1.29, 1.82) is 0 Å². The quantitative estimate of drug-likeness (QED) is 0.845. The maximum absolute atomic E-state index is 12.5. The number of hydrogen-bond donors (Lipinski definition) is 1. The van der Waals surface area contributed by atoms with Gasteiger partial charge in [-0.05, 0) is 19.4 Å². The first kappa shape index (κ1) is 15.9. The lowest BCUT2D eigenvalue weighted by atomic mass is 10.1. The zero-order valence-corrected chi connectivity index (χ0v) is 11.7. The lowest BCUT2D eigenvalue weighted by molar-refractivity contribution is -0.150. The predicted octanol–water partition coefficient (Wildman–Crippen LogP) is 3.09. The Morgan fingerprint density at radius 2 is 1.89 bits per heavy atom. The summed E-state index contributed by atoms with van der Waals surface area (Å²) in [5.74, 6) is 0. The molecule has 1 aromatic rings. The van der Waals surface area contributed by atoms with E-state index in [2.05, 4.69) is 0 Å². The van der Waals surface area contributed by atoms with Crippen molar-refractivity contribution in [2.75, 3.05) is 6.54 Å². The molecule has 19 heavy (non-hydrogen) atoms. The highest BCUT2D eigenvalue weighted by Gasteiger charge is 2.32. The van der Waals surface area contributed by atoms with Gasteiger partial charge in [0, 0.05) is 18.2 Å². The van der Waals surface area contributed by atoms with Gasteiger partial charge in [0.05, 0.1) is 6.54 Å². The standard InChI is InChI=1S/C13H17F3N2S/c1-9(2)18(8-13(14,15)16)7-10-5-3-4-6-11(10)12(17)19/h3-6,9H,7-8H2,1-2H3,(H2,17,19). The molecule has 0 saturated carbocycles. The lowest BCUT2D eigenvalue weighted by Gasteiger charge is -2.28. The van der Waals surface area contributed by atoms with Crippen LogP contribution in [-0.2, 0) is 6.54 Å². The van der Waals surface area contributed by atoms with Gasteiger partial charge in [0.1, 0.15) is 4.99 Å². The summed E-state index contributed by atoms with van der Waals surface area (Å²) in [4.78, 5) is 1.54. The Morgan fingerprint density at radius 1 is 1.32 bits per heavy atom. The minimum atomic E-state index is -4.22. The zero-order valence-electron chi connectivity index (χ0n) is 10.9. The number of halogens is 3. The molecule has 0 heterocycles. The van der Waals surface area contributed by atoms with Gasteiger partial charge >= 0.3 is 6.18 Å². The van der Waals surface area contributed by atoms with Gasteiger partial charge in [-0.25, -0.2) is 0 Å². The molecule has 0 radical (unpaired) electrons. The highest BCUT2D eigenvalue weighted by Crippen LogP contribution is 2.21. The van der Waals surface area contributed by atoms with Crippen molar-refractivity contribution >= 4 is 17.2 Å². The van der Waals surface area contributed by atoms with E-state index >= 15 is 0 Å². The third-order valence-corrected chi connectivity index (χ3v) is 2.99. The second kappa shape index (κ2) is 6.34. The Balaban J connectivity index is 2.94. The van der Waals surface area contributed by atoms with Gasteiger partial charge in [0.2, 0.25) is 0 Å². The monoisotopic (exact) mass is 290 g/mol. The van der Waals surface area contributed by atoms with E-state index in [-0.39, 0.29) is 17.6 Å².